The summed E-state index contributed by atoms with van der Waals surface area (Å²) < 4.78 is 10.4. The van der Waals surface area contributed by atoms with Gasteiger partial charge >= 0.3 is 0 Å². The Morgan fingerprint density at radius 3 is 2.75 bits per heavy atom. The Kier molecular flexibility index (Phi) is 4.60. The zero-order valence-corrected chi connectivity index (χ0v) is 11.8. The zero-order valence-electron chi connectivity index (χ0n) is 10.3. The maximum absolute atomic E-state index is 11.9. The zero-order chi connectivity index (χ0) is 14.5. The molecular formula is C13H11ClN2O3S. The van der Waals surface area contributed by atoms with Gasteiger partial charge in [-0.3, -0.25) is 4.79 Å². The van der Waals surface area contributed by atoms with Crippen LogP contribution in [0.25, 0.3) is 0 Å². The highest BCUT2D eigenvalue weighted by Crippen LogP contribution is 2.24. The highest BCUT2D eigenvalue weighted by Gasteiger charge is 2.13. The van der Waals surface area contributed by atoms with Crippen LogP contribution < -0.4 is 15.8 Å². The summed E-state index contributed by atoms with van der Waals surface area (Å²) in [7, 11) is 0. The molecule has 0 aliphatic carbocycles. The third-order valence-electron chi connectivity index (χ3n) is 2.30. The first-order chi connectivity index (χ1) is 9.56. The van der Waals surface area contributed by atoms with Gasteiger partial charge in [-0.2, -0.15) is 0 Å². The maximum Gasteiger partial charge on any atom is 0.291 e. The second-order valence-corrected chi connectivity index (χ2v) is 4.71. The Morgan fingerprint density at radius 2 is 2.10 bits per heavy atom. The van der Waals surface area contributed by atoms with Crippen LogP contribution in [0.5, 0.6) is 5.75 Å². The van der Waals surface area contributed by atoms with Crippen molar-refractivity contribution in [2.45, 2.75) is 0 Å². The highest BCUT2D eigenvalue weighted by molar-refractivity contribution is 7.80. The van der Waals surface area contributed by atoms with Gasteiger partial charge in [0.05, 0.1) is 5.69 Å². The SMILES string of the molecule is NC(=S)COc1ccccc1NC(=O)c1ccc(Cl)o1. The number of amides is 1. The Hall–Kier alpha value is -2.05. The molecule has 1 aromatic carbocycles. The van der Waals surface area contributed by atoms with Gasteiger partial charge in [0.15, 0.2) is 11.0 Å². The van der Waals surface area contributed by atoms with Gasteiger partial charge < -0.3 is 20.2 Å². The number of hydrogen-bond donors (Lipinski definition) is 2. The van der Waals surface area contributed by atoms with Crippen LogP contribution in [0.4, 0.5) is 5.69 Å². The lowest BCUT2D eigenvalue weighted by molar-refractivity contribution is 0.0996. The average Bonchev–Trinajstić information content (AvgIpc) is 2.84. The van der Waals surface area contributed by atoms with Crippen molar-refractivity contribution in [3.63, 3.8) is 0 Å². The molecule has 0 bridgehead atoms. The fraction of sp³-hybridized carbons (Fsp3) is 0.0769. The van der Waals surface area contributed by atoms with Gasteiger partial charge in [0, 0.05) is 0 Å². The first kappa shape index (κ1) is 14.4. The quantitative estimate of drug-likeness (QED) is 0.830. The van der Waals surface area contributed by atoms with Crippen molar-refractivity contribution in [3.8, 4) is 5.75 Å². The monoisotopic (exact) mass is 310 g/mol. The minimum atomic E-state index is -0.428. The van der Waals surface area contributed by atoms with Crippen molar-refractivity contribution in [2.24, 2.45) is 5.73 Å². The number of halogens is 1. The van der Waals surface area contributed by atoms with Crippen molar-refractivity contribution < 1.29 is 13.9 Å². The topological polar surface area (TPSA) is 77.5 Å². The van der Waals surface area contributed by atoms with Gasteiger partial charge in [-0.25, -0.2) is 0 Å². The number of thiocarbonyl (C=S) groups is 1. The van der Waals surface area contributed by atoms with Gasteiger partial charge in [0.1, 0.15) is 17.3 Å². The number of rotatable bonds is 5. The lowest BCUT2D eigenvalue weighted by Crippen LogP contribution is -2.19. The lowest BCUT2D eigenvalue weighted by Gasteiger charge is -2.11. The number of furan rings is 1. The van der Waals surface area contributed by atoms with E-state index in [0.29, 0.717) is 11.4 Å². The molecule has 1 amide bonds. The second-order valence-electron chi connectivity index (χ2n) is 3.81. The molecule has 0 saturated heterocycles. The maximum atomic E-state index is 11.9. The summed E-state index contributed by atoms with van der Waals surface area (Å²) in [6.45, 7) is 0.0921. The molecule has 0 saturated carbocycles. The van der Waals surface area contributed by atoms with Crippen molar-refractivity contribution in [3.05, 3.63) is 47.4 Å². The van der Waals surface area contributed by atoms with E-state index in [-0.39, 0.29) is 22.6 Å². The van der Waals surface area contributed by atoms with Gasteiger partial charge in [-0.1, -0.05) is 24.4 Å². The number of carbonyl (C=O) groups excluding carboxylic acids is 1. The molecule has 0 unspecified atom stereocenters. The molecule has 0 atom stereocenters. The first-order valence-electron chi connectivity index (χ1n) is 5.63. The van der Waals surface area contributed by atoms with Crippen LogP contribution >= 0.6 is 23.8 Å². The highest BCUT2D eigenvalue weighted by atomic mass is 35.5. The van der Waals surface area contributed by atoms with E-state index in [9.17, 15) is 4.79 Å². The van der Waals surface area contributed by atoms with E-state index >= 15 is 0 Å². The van der Waals surface area contributed by atoms with Crippen molar-refractivity contribution in [1.82, 2.24) is 0 Å². The molecule has 2 aromatic rings. The summed E-state index contributed by atoms with van der Waals surface area (Å²) >= 11 is 10.4. The molecule has 5 nitrogen and oxygen atoms in total. The summed E-state index contributed by atoms with van der Waals surface area (Å²) in [6.07, 6.45) is 0. The molecular weight excluding hydrogens is 300 g/mol. The van der Waals surface area contributed by atoms with E-state index in [1.165, 1.54) is 12.1 Å². The predicted octanol–water partition coefficient (Wildman–Crippen LogP) is 2.85. The summed E-state index contributed by atoms with van der Waals surface area (Å²) in [5, 5.41) is 2.81. The number of nitrogens with one attached hydrogen (secondary N) is 1. The number of carbonyl (C=O) groups is 1. The molecule has 0 aliphatic rings. The Bertz CT molecular complexity index is 642. The van der Waals surface area contributed by atoms with E-state index in [1.807, 2.05) is 0 Å². The van der Waals surface area contributed by atoms with Crippen LogP contribution in [-0.2, 0) is 0 Å². The van der Waals surface area contributed by atoms with Crippen LogP contribution in [-0.4, -0.2) is 17.5 Å². The molecule has 2 rings (SSSR count). The van der Waals surface area contributed by atoms with Gasteiger partial charge in [0.25, 0.3) is 5.91 Å². The molecule has 0 radical (unpaired) electrons. The van der Waals surface area contributed by atoms with E-state index in [0.717, 1.165) is 0 Å². The lowest BCUT2D eigenvalue weighted by atomic mass is 10.3. The van der Waals surface area contributed by atoms with Gasteiger partial charge in [-0.05, 0) is 35.9 Å². The largest absolute Gasteiger partial charge is 0.484 e. The minimum Gasteiger partial charge on any atom is -0.484 e. The smallest absolute Gasteiger partial charge is 0.291 e. The van der Waals surface area contributed by atoms with Crippen LogP contribution in [0.3, 0.4) is 0 Å². The van der Waals surface area contributed by atoms with Crippen LogP contribution in [0.15, 0.2) is 40.8 Å². The summed E-state index contributed by atoms with van der Waals surface area (Å²) in [6, 6.07) is 9.90. The van der Waals surface area contributed by atoms with Gasteiger partial charge in [0.2, 0.25) is 0 Å². The van der Waals surface area contributed by atoms with E-state index in [1.54, 1.807) is 24.3 Å². The molecule has 7 heteroatoms. The van der Waals surface area contributed by atoms with Crippen molar-refractivity contribution >= 4 is 40.4 Å². The third-order valence-corrected chi connectivity index (χ3v) is 2.62. The van der Waals surface area contributed by atoms with Crippen molar-refractivity contribution in [2.75, 3.05) is 11.9 Å². The third kappa shape index (κ3) is 3.72. The Labute approximate surface area is 125 Å². The molecule has 1 heterocycles. The standard InChI is InChI=1S/C13H11ClN2O3S/c14-11-6-5-10(19-11)13(17)16-8-3-1-2-4-9(8)18-7-12(15)20/h1-6H,7H2,(H2,15,20)(H,16,17). The number of ether oxygens (including phenoxy) is 1. The van der Waals surface area contributed by atoms with Crippen LogP contribution in [0.2, 0.25) is 5.22 Å². The molecule has 1 aromatic heterocycles. The fourth-order valence-corrected chi connectivity index (χ4v) is 1.67. The normalized spacial score (nSPS) is 10.1. The van der Waals surface area contributed by atoms with Crippen LogP contribution in [0.1, 0.15) is 10.6 Å². The first-order valence-corrected chi connectivity index (χ1v) is 6.41. The van der Waals surface area contributed by atoms with E-state index < -0.39 is 5.91 Å². The van der Waals surface area contributed by atoms with Crippen LogP contribution in [0, 0.1) is 0 Å². The minimum absolute atomic E-state index is 0.0921. The number of para-hydroxylation sites is 2. The molecule has 0 aliphatic heterocycles. The molecule has 104 valence electrons. The molecule has 3 N–H and O–H groups in total. The summed E-state index contributed by atoms with van der Waals surface area (Å²) in [5.74, 6) is 0.147. The summed E-state index contributed by atoms with van der Waals surface area (Å²) in [5.41, 5.74) is 5.86. The fourth-order valence-electron chi connectivity index (χ4n) is 1.46. The number of benzene rings is 1. The molecule has 20 heavy (non-hydrogen) atoms. The molecule has 0 spiro atoms. The second kappa shape index (κ2) is 6.40. The number of anilines is 1. The Balaban J connectivity index is 2.12. The number of hydrogen-bond acceptors (Lipinski definition) is 4. The Morgan fingerprint density at radius 1 is 1.35 bits per heavy atom. The predicted molar refractivity (Wildman–Crippen MR) is 80.4 cm³/mol. The van der Waals surface area contributed by atoms with Crippen molar-refractivity contribution in [1.29, 1.82) is 0 Å². The average molecular weight is 311 g/mol. The number of nitrogens with two attached hydrogens (primary N) is 1. The molecule has 0 fully saturated rings. The van der Waals surface area contributed by atoms with Gasteiger partial charge in [-0.15, -0.1) is 0 Å². The van der Waals surface area contributed by atoms with E-state index in [4.69, 9.17) is 38.7 Å². The summed E-state index contributed by atoms with van der Waals surface area (Å²) in [4.78, 5) is 12.2. The van der Waals surface area contributed by atoms with E-state index in [2.05, 4.69) is 5.32 Å².